The van der Waals surface area contributed by atoms with Crippen LogP contribution in [0, 0.1) is 6.92 Å². The van der Waals surface area contributed by atoms with E-state index >= 15 is 0 Å². The van der Waals surface area contributed by atoms with Crippen LogP contribution >= 0.6 is 23.2 Å². The molecule has 0 spiro atoms. The molecule has 3 heterocycles. The number of morpholine rings is 1. The summed E-state index contributed by atoms with van der Waals surface area (Å²) < 4.78 is 17.8. The third-order valence-electron chi connectivity index (χ3n) is 7.22. The van der Waals surface area contributed by atoms with Crippen molar-refractivity contribution in [1.82, 2.24) is 15.0 Å². The van der Waals surface area contributed by atoms with Crippen molar-refractivity contribution in [1.29, 1.82) is 0 Å². The molecule has 0 bridgehead atoms. The van der Waals surface area contributed by atoms with Crippen LogP contribution in [0.2, 0.25) is 10.0 Å². The molecule has 2 aliphatic heterocycles. The molecule has 5 rings (SSSR count). The molecule has 0 unspecified atom stereocenters. The fourth-order valence-electron chi connectivity index (χ4n) is 5.19. The summed E-state index contributed by atoms with van der Waals surface area (Å²) in [6, 6.07) is 14.3. The zero-order valence-electron chi connectivity index (χ0n) is 21.8. The highest BCUT2D eigenvalue weighted by atomic mass is 35.5. The van der Waals surface area contributed by atoms with Gasteiger partial charge < -0.3 is 23.8 Å². The van der Waals surface area contributed by atoms with Crippen LogP contribution < -0.4 is 4.74 Å². The summed E-state index contributed by atoms with van der Waals surface area (Å²) in [5.41, 5.74) is 0.306. The van der Waals surface area contributed by atoms with Crippen LogP contribution in [-0.2, 0) is 9.53 Å². The van der Waals surface area contributed by atoms with Crippen molar-refractivity contribution in [3.8, 4) is 17.0 Å². The normalized spacial score (nSPS) is 19.7. The molecule has 8 nitrogen and oxygen atoms in total. The Morgan fingerprint density at radius 3 is 2.59 bits per heavy atom. The van der Waals surface area contributed by atoms with Gasteiger partial charge >= 0.3 is 0 Å². The number of hydrogen-bond donors (Lipinski definition) is 0. The second-order valence-corrected chi connectivity index (χ2v) is 10.9. The second kappa shape index (κ2) is 12.0. The number of amides is 2. The number of aromatic nitrogens is 1. The van der Waals surface area contributed by atoms with E-state index in [1.807, 2.05) is 17.0 Å². The van der Waals surface area contributed by atoms with E-state index < -0.39 is 5.60 Å². The van der Waals surface area contributed by atoms with Crippen molar-refractivity contribution in [2.45, 2.75) is 38.2 Å². The van der Waals surface area contributed by atoms with E-state index in [-0.39, 0.29) is 38.0 Å². The molecule has 2 amide bonds. The minimum Gasteiger partial charge on any atom is -0.490 e. The maximum Gasteiger partial charge on any atom is 0.259 e. The first-order valence-electron chi connectivity index (χ1n) is 13.2. The summed E-state index contributed by atoms with van der Waals surface area (Å²) in [7, 11) is 0. The van der Waals surface area contributed by atoms with Gasteiger partial charge in [0.1, 0.15) is 35.0 Å². The Labute approximate surface area is 237 Å². The van der Waals surface area contributed by atoms with Gasteiger partial charge in [-0.3, -0.25) is 9.59 Å². The summed E-state index contributed by atoms with van der Waals surface area (Å²) in [4.78, 5) is 30.9. The second-order valence-electron chi connectivity index (χ2n) is 10.1. The quantitative estimate of drug-likeness (QED) is 0.364. The summed E-state index contributed by atoms with van der Waals surface area (Å²) >= 11 is 12.6. The Balaban J connectivity index is 1.41. The molecule has 1 aromatic heterocycles. The SMILES string of the molecule is Cc1onc(-c2ccccc2Cl)c1C(=O)N1CCO[C@](COc2cccc(Cl)c2)(CC(=O)N2CCCCC2)C1. The van der Waals surface area contributed by atoms with Crippen molar-refractivity contribution in [2.75, 3.05) is 39.4 Å². The van der Waals surface area contributed by atoms with Crippen LogP contribution in [0.5, 0.6) is 5.75 Å². The molecule has 3 aromatic rings. The van der Waals surface area contributed by atoms with Gasteiger partial charge in [-0.2, -0.15) is 0 Å². The van der Waals surface area contributed by atoms with Gasteiger partial charge in [0.2, 0.25) is 5.91 Å². The van der Waals surface area contributed by atoms with Crippen molar-refractivity contribution < 1.29 is 23.6 Å². The van der Waals surface area contributed by atoms with Gasteiger partial charge in [0.15, 0.2) is 0 Å². The van der Waals surface area contributed by atoms with Gasteiger partial charge in [-0.05, 0) is 50.5 Å². The zero-order valence-corrected chi connectivity index (χ0v) is 23.3. The molecular weight excluding hydrogens is 541 g/mol. The average Bonchev–Trinajstić information content (AvgIpc) is 3.33. The largest absolute Gasteiger partial charge is 0.490 e. The zero-order chi connectivity index (χ0) is 27.4. The van der Waals surface area contributed by atoms with Gasteiger partial charge in [-0.1, -0.05) is 52.6 Å². The highest BCUT2D eigenvalue weighted by Gasteiger charge is 2.43. The van der Waals surface area contributed by atoms with E-state index in [1.54, 1.807) is 48.2 Å². The molecule has 10 heteroatoms. The third-order valence-corrected chi connectivity index (χ3v) is 7.79. The Kier molecular flexibility index (Phi) is 8.45. The van der Waals surface area contributed by atoms with E-state index in [2.05, 4.69) is 5.16 Å². The number of piperidine rings is 1. The summed E-state index contributed by atoms with van der Waals surface area (Å²) in [5.74, 6) is 0.697. The minimum absolute atomic E-state index is 0.00314. The number of nitrogens with zero attached hydrogens (tertiary/aromatic N) is 3. The summed E-state index contributed by atoms with van der Waals surface area (Å²) in [6.07, 6.45) is 3.19. The maximum atomic E-state index is 14.0. The number of benzene rings is 2. The van der Waals surface area contributed by atoms with Crippen LogP contribution in [0.4, 0.5) is 0 Å². The molecule has 1 atom stereocenters. The Morgan fingerprint density at radius 1 is 1.03 bits per heavy atom. The van der Waals surface area contributed by atoms with E-state index in [0.717, 1.165) is 32.4 Å². The third kappa shape index (κ3) is 6.24. The van der Waals surface area contributed by atoms with E-state index in [4.69, 9.17) is 37.2 Å². The van der Waals surface area contributed by atoms with Crippen molar-refractivity contribution in [3.63, 3.8) is 0 Å². The fourth-order valence-corrected chi connectivity index (χ4v) is 5.59. The lowest BCUT2D eigenvalue weighted by Gasteiger charge is -2.43. The Morgan fingerprint density at radius 2 is 1.82 bits per heavy atom. The van der Waals surface area contributed by atoms with Gasteiger partial charge in [-0.15, -0.1) is 0 Å². The van der Waals surface area contributed by atoms with E-state index in [1.165, 1.54) is 0 Å². The summed E-state index contributed by atoms with van der Waals surface area (Å²) in [5, 5.41) is 5.17. The number of likely N-dealkylation sites (tertiary alicyclic amines) is 1. The lowest BCUT2D eigenvalue weighted by molar-refractivity contribution is -0.153. The molecule has 0 radical (unpaired) electrons. The van der Waals surface area contributed by atoms with Crippen LogP contribution in [-0.4, -0.2) is 71.8 Å². The molecular formula is C29H31Cl2N3O5. The smallest absolute Gasteiger partial charge is 0.259 e. The molecule has 0 N–H and O–H groups in total. The average molecular weight is 572 g/mol. The van der Waals surface area contributed by atoms with Crippen molar-refractivity contribution >= 4 is 35.0 Å². The molecule has 2 fully saturated rings. The number of hydrogen-bond acceptors (Lipinski definition) is 6. The van der Waals surface area contributed by atoms with E-state index in [0.29, 0.717) is 44.9 Å². The predicted octanol–water partition coefficient (Wildman–Crippen LogP) is 5.65. The molecule has 206 valence electrons. The molecule has 0 aliphatic carbocycles. The predicted molar refractivity (Wildman–Crippen MR) is 148 cm³/mol. The number of carbonyl (C=O) groups excluding carboxylic acids is 2. The summed E-state index contributed by atoms with van der Waals surface area (Å²) in [6.45, 7) is 4.01. The molecule has 2 aliphatic rings. The van der Waals surface area contributed by atoms with Gasteiger partial charge in [0, 0.05) is 30.2 Å². The highest BCUT2D eigenvalue weighted by Crippen LogP contribution is 2.33. The number of halogens is 2. The van der Waals surface area contributed by atoms with Gasteiger partial charge in [0.05, 0.1) is 24.6 Å². The number of aryl methyl sites for hydroxylation is 1. The lowest BCUT2D eigenvalue weighted by Crippen LogP contribution is -2.58. The first-order chi connectivity index (χ1) is 18.8. The molecule has 39 heavy (non-hydrogen) atoms. The first kappa shape index (κ1) is 27.5. The highest BCUT2D eigenvalue weighted by molar-refractivity contribution is 6.33. The minimum atomic E-state index is -1.04. The molecule has 0 saturated carbocycles. The topological polar surface area (TPSA) is 85.1 Å². The maximum absolute atomic E-state index is 14.0. The standard InChI is InChI=1S/C29H31Cl2N3O5/c1-20-26(27(32-39-20)23-10-3-4-11-24(23)31)28(36)34-14-15-38-29(18-34,17-25(35)33-12-5-2-6-13-33)19-37-22-9-7-8-21(30)16-22/h3-4,7-11,16H,2,5-6,12-15,17-19H2,1H3/t29-/m1/s1. The van der Waals surface area contributed by atoms with Gasteiger partial charge in [0.25, 0.3) is 5.91 Å². The molecule has 2 saturated heterocycles. The number of carbonyl (C=O) groups is 2. The monoisotopic (exact) mass is 571 g/mol. The molecule has 2 aromatic carbocycles. The fraction of sp³-hybridized carbons (Fsp3) is 0.414. The Hall–Kier alpha value is -3.07. The first-order valence-corrected chi connectivity index (χ1v) is 13.9. The van der Waals surface area contributed by atoms with Crippen LogP contribution in [0.1, 0.15) is 41.8 Å². The van der Waals surface area contributed by atoms with Crippen LogP contribution in [0.15, 0.2) is 53.1 Å². The van der Waals surface area contributed by atoms with Crippen molar-refractivity contribution in [2.24, 2.45) is 0 Å². The Bertz CT molecular complexity index is 1340. The number of ether oxygens (including phenoxy) is 2. The number of rotatable bonds is 7. The van der Waals surface area contributed by atoms with Crippen LogP contribution in [0.3, 0.4) is 0 Å². The van der Waals surface area contributed by atoms with E-state index in [9.17, 15) is 9.59 Å². The lowest BCUT2D eigenvalue weighted by atomic mass is 9.95. The van der Waals surface area contributed by atoms with Crippen LogP contribution in [0.25, 0.3) is 11.3 Å². The van der Waals surface area contributed by atoms with Crippen molar-refractivity contribution in [3.05, 3.63) is 69.9 Å². The van der Waals surface area contributed by atoms with Gasteiger partial charge in [-0.25, -0.2) is 0 Å².